The van der Waals surface area contributed by atoms with Crippen molar-refractivity contribution < 1.29 is 52.2 Å². The van der Waals surface area contributed by atoms with Crippen LogP contribution in [0.25, 0.3) is 0 Å². The fourth-order valence-electron chi connectivity index (χ4n) is 8.19. The van der Waals surface area contributed by atoms with Gasteiger partial charge in [-0.2, -0.15) is 0 Å². The van der Waals surface area contributed by atoms with Crippen LogP contribution in [0.2, 0.25) is 0 Å². The van der Waals surface area contributed by atoms with Crippen molar-refractivity contribution >= 4 is 5.97 Å². The minimum Gasteiger partial charge on any atom is -0.457 e. The third-order valence-electron chi connectivity index (χ3n) is 11.7. The highest BCUT2D eigenvalue weighted by Gasteiger charge is 2.56. The van der Waals surface area contributed by atoms with Crippen molar-refractivity contribution in [3.05, 3.63) is 84.4 Å². The zero-order valence-electron chi connectivity index (χ0n) is 32.8. The fourth-order valence-corrected chi connectivity index (χ4v) is 8.19. The average Bonchev–Trinajstić information content (AvgIpc) is 3.19. The summed E-state index contributed by atoms with van der Waals surface area (Å²) in [4.78, 5) is 12.5. The lowest BCUT2D eigenvalue weighted by Gasteiger charge is -2.53. The Hall–Kier alpha value is -2.71. The summed E-state index contributed by atoms with van der Waals surface area (Å²) in [7, 11) is 0. The normalized spacial score (nSPS) is 39.7. The standard InChI is InChI=1S/C43H60O11/c1-9-22-45-40-28(7)27(6)35(33(11-3)50-40)52-43-39(46-23-30-18-14-12-15-19-30)38(37-34(51-43)24-47-41(53-37)31-20-16-13-17-21-31)54-42-36(48-29(8)44)26(5)25(4)32(10-2)49-42/h9,12-21,25-28,32-43H,1,10-11,22-24H2,2-8H3/t25-,26?,27-,28?,32-,33?,34?,35-,36?,37+,38-,39?,40+,41?,42+,43-/m0/s1. The SMILES string of the molecule is C=CCO[C@@H]1OC(CC)[C@@H](O[C@@H]2OC3COC(c4ccccc4)O[C@H]3[C@H](O[C@H]3O[C@@H](CC)[C@@H](C)C(C)C3OC(C)=O)C2OCc2ccccc2)[C@@H](C)C1C. The molecule has 54 heavy (non-hydrogen) atoms. The summed E-state index contributed by atoms with van der Waals surface area (Å²) in [5.41, 5.74) is 1.85. The van der Waals surface area contributed by atoms with Crippen LogP contribution in [0, 0.1) is 23.7 Å². The van der Waals surface area contributed by atoms with Crippen molar-refractivity contribution in [3.63, 3.8) is 0 Å². The molecule has 0 spiro atoms. The van der Waals surface area contributed by atoms with Gasteiger partial charge in [-0.1, -0.05) is 108 Å². The van der Waals surface area contributed by atoms with Gasteiger partial charge in [0.1, 0.15) is 24.4 Å². The Kier molecular flexibility index (Phi) is 14.4. The minimum atomic E-state index is -0.905. The first-order valence-electron chi connectivity index (χ1n) is 19.8. The van der Waals surface area contributed by atoms with Gasteiger partial charge in [0.25, 0.3) is 0 Å². The van der Waals surface area contributed by atoms with Gasteiger partial charge in [-0.15, -0.1) is 6.58 Å². The van der Waals surface area contributed by atoms with Crippen molar-refractivity contribution in [2.75, 3.05) is 13.2 Å². The number of esters is 1. The Morgan fingerprint density at radius 1 is 0.722 bits per heavy atom. The van der Waals surface area contributed by atoms with E-state index in [0.29, 0.717) is 13.0 Å². The molecule has 6 rings (SSSR count). The summed E-state index contributed by atoms with van der Waals surface area (Å²) in [6, 6.07) is 19.8. The number of ether oxygens (including phenoxy) is 10. The second kappa shape index (κ2) is 19.0. The highest BCUT2D eigenvalue weighted by Crippen LogP contribution is 2.43. The quantitative estimate of drug-likeness (QED) is 0.145. The maximum atomic E-state index is 12.5. The summed E-state index contributed by atoms with van der Waals surface area (Å²) in [6.45, 7) is 18.8. The van der Waals surface area contributed by atoms with E-state index in [-0.39, 0.29) is 55.2 Å². The van der Waals surface area contributed by atoms with Crippen LogP contribution in [0.1, 0.15) is 78.7 Å². The maximum Gasteiger partial charge on any atom is 0.303 e. The molecular formula is C43H60O11. The molecule has 0 bridgehead atoms. The summed E-state index contributed by atoms with van der Waals surface area (Å²) >= 11 is 0. The van der Waals surface area contributed by atoms with Gasteiger partial charge in [-0.3, -0.25) is 4.79 Å². The van der Waals surface area contributed by atoms with Gasteiger partial charge in [0.15, 0.2) is 31.3 Å². The van der Waals surface area contributed by atoms with Crippen LogP contribution in [-0.4, -0.2) is 86.9 Å². The molecule has 298 valence electrons. The molecule has 11 heteroatoms. The van der Waals surface area contributed by atoms with Crippen LogP contribution in [0.4, 0.5) is 0 Å². The van der Waals surface area contributed by atoms with Gasteiger partial charge in [0, 0.05) is 24.3 Å². The number of hydrogen-bond donors (Lipinski definition) is 0. The third kappa shape index (κ3) is 9.28. The van der Waals surface area contributed by atoms with Crippen molar-refractivity contribution in [2.45, 2.75) is 142 Å². The first-order valence-corrected chi connectivity index (χ1v) is 19.8. The van der Waals surface area contributed by atoms with Gasteiger partial charge in [-0.05, 0) is 30.2 Å². The van der Waals surface area contributed by atoms with E-state index < -0.39 is 61.6 Å². The minimum absolute atomic E-state index is 0.0207. The highest BCUT2D eigenvalue weighted by molar-refractivity contribution is 5.66. The van der Waals surface area contributed by atoms with Gasteiger partial charge < -0.3 is 47.4 Å². The van der Waals surface area contributed by atoms with E-state index in [1.165, 1.54) is 6.92 Å². The van der Waals surface area contributed by atoms with Gasteiger partial charge >= 0.3 is 5.97 Å². The van der Waals surface area contributed by atoms with E-state index in [1.807, 2.05) is 60.7 Å². The Bertz CT molecular complexity index is 1460. The first-order chi connectivity index (χ1) is 26.1. The zero-order chi connectivity index (χ0) is 38.4. The molecule has 4 heterocycles. The Balaban J connectivity index is 1.37. The van der Waals surface area contributed by atoms with Crippen LogP contribution >= 0.6 is 0 Å². The van der Waals surface area contributed by atoms with Crippen LogP contribution in [0.15, 0.2) is 73.3 Å². The Labute approximate surface area is 320 Å². The number of rotatable bonds is 14. The summed E-state index contributed by atoms with van der Waals surface area (Å²) < 4.78 is 66.1. The molecule has 2 aromatic carbocycles. The number of fused-ring (bicyclic) bond motifs is 1. The molecule has 4 saturated heterocycles. The highest BCUT2D eigenvalue weighted by atomic mass is 16.8. The van der Waals surface area contributed by atoms with E-state index in [4.69, 9.17) is 47.4 Å². The Morgan fingerprint density at radius 3 is 2.02 bits per heavy atom. The second-order valence-corrected chi connectivity index (χ2v) is 15.2. The van der Waals surface area contributed by atoms with Crippen molar-refractivity contribution in [1.29, 1.82) is 0 Å². The summed E-state index contributed by atoms with van der Waals surface area (Å²) in [6.07, 6.45) is -3.89. The summed E-state index contributed by atoms with van der Waals surface area (Å²) in [5.74, 6) is -0.253. The lowest BCUT2D eigenvalue weighted by atomic mass is 9.82. The Morgan fingerprint density at radius 2 is 1.35 bits per heavy atom. The fraction of sp³-hybridized carbons (Fsp3) is 0.651. The van der Waals surface area contributed by atoms with E-state index in [9.17, 15) is 4.79 Å². The molecular weight excluding hydrogens is 692 g/mol. The van der Waals surface area contributed by atoms with Crippen molar-refractivity contribution in [3.8, 4) is 0 Å². The molecule has 0 amide bonds. The molecule has 11 nitrogen and oxygen atoms in total. The average molecular weight is 753 g/mol. The van der Waals surface area contributed by atoms with Crippen molar-refractivity contribution in [2.24, 2.45) is 23.7 Å². The van der Waals surface area contributed by atoms with E-state index in [0.717, 1.165) is 17.5 Å². The largest absolute Gasteiger partial charge is 0.457 e. The third-order valence-corrected chi connectivity index (χ3v) is 11.7. The predicted octanol–water partition coefficient (Wildman–Crippen LogP) is 7.13. The van der Waals surface area contributed by atoms with Gasteiger partial charge in [0.2, 0.25) is 0 Å². The molecule has 4 aliphatic rings. The summed E-state index contributed by atoms with van der Waals surface area (Å²) in [5, 5.41) is 0. The molecule has 7 unspecified atom stereocenters. The van der Waals surface area contributed by atoms with Crippen LogP contribution < -0.4 is 0 Å². The van der Waals surface area contributed by atoms with Crippen LogP contribution in [0.5, 0.6) is 0 Å². The smallest absolute Gasteiger partial charge is 0.303 e. The number of hydrogen-bond acceptors (Lipinski definition) is 11. The number of benzene rings is 2. The maximum absolute atomic E-state index is 12.5. The van der Waals surface area contributed by atoms with E-state index >= 15 is 0 Å². The monoisotopic (exact) mass is 752 g/mol. The van der Waals surface area contributed by atoms with E-state index in [2.05, 4.69) is 48.1 Å². The predicted molar refractivity (Wildman–Crippen MR) is 200 cm³/mol. The lowest BCUT2D eigenvalue weighted by molar-refractivity contribution is -0.404. The molecule has 0 radical (unpaired) electrons. The number of carbonyl (C=O) groups excluding carboxylic acids is 1. The molecule has 2 aromatic rings. The van der Waals surface area contributed by atoms with Crippen LogP contribution in [0.3, 0.4) is 0 Å². The molecule has 0 saturated carbocycles. The van der Waals surface area contributed by atoms with E-state index in [1.54, 1.807) is 6.08 Å². The molecule has 0 N–H and O–H groups in total. The molecule has 4 fully saturated rings. The zero-order valence-corrected chi connectivity index (χ0v) is 32.8. The van der Waals surface area contributed by atoms with Gasteiger partial charge in [-0.25, -0.2) is 0 Å². The van der Waals surface area contributed by atoms with Gasteiger partial charge in [0.05, 0.1) is 38.1 Å². The topological polar surface area (TPSA) is 109 Å². The molecule has 0 aromatic heterocycles. The number of carbonyl (C=O) groups is 1. The van der Waals surface area contributed by atoms with Crippen molar-refractivity contribution in [1.82, 2.24) is 0 Å². The molecule has 4 aliphatic heterocycles. The molecule has 16 atom stereocenters. The first kappa shape index (κ1) is 40.9. The second-order valence-electron chi connectivity index (χ2n) is 15.2. The van der Waals surface area contributed by atoms with Crippen LogP contribution in [-0.2, 0) is 58.8 Å². The lowest BCUT2D eigenvalue weighted by Crippen LogP contribution is -2.66. The molecule has 0 aliphatic carbocycles.